The quantitative estimate of drug-likeness (QED) is 0.751. The van der Waals surface area contributed by atoms with Gasteiger partial charge >= 0.3 is 0 Å². The van der Waals surface area contributed by atoms with Crippen molar-refractivity contribution >= 4 is 16.9 Å². The second-order valence-corrected chi connectivity index (χ2v) is 4.96. The summed E-state index contributed by atoms with van der Waals surface area (Å²) in [6, 6.07) is 5.03. The fourth-order valence-corrected chi connectivity index (χ4v) is 2.51. The molecule has 6 nitrogen and oxygen atoms in total. The highest BCUT2D eigenvalue weighted by atomic mass is 16.3. The van der Waals surface area contributed by atoms with Gasteiger partial charge in [0.1, 0.15) is 11.0 Å². The lowest BCUT2D eigenvalue weighted by molar-refractivity contribution is 0.0717. The van der Waals surface area contributed by atoms with Gasteiger partial charge in [0.15, 0.2) is 0 Å². The molecule has 2 atom stereocenters. The molecule has 0 unspecified atom stereocenters. The number of nitrogens with zero attached hydrogens (tertiary/aromatic N) is 2. The Morgan fingerprint density at radius 3 is 2.89 bits per heavy atom. The zero-order chi connectivity index (χ0) is 13.2. The number of H-pyrrole nitrogens is 1. The number of amides is 1. The number of aromatic amines is 1. The van der Waals surface area contributed by atoms with Gasteiger partial charge in [0.25, 0.3) is 5.91 Å². The molecular formula is C13H16N4O2. The highest BCUT2D eigenvalue weighted by Crippen LogP contribution is 2.19. The van der Waals surface area contributed by atoms with Crippen molar-refractivity contribution in [1.29, 1.82) is 0 Å². The SMILES string of the molecule is O=C(N[C@@H]1CCCC[C@H]1O)c1ccc2n[nH]nc2c1. The smallest absolute Gasteiger partial charge is 0.251 e. The number of hydrogen-bond acceptors (Lipinski definition) is 4. The minimum atomic E-state index is -0.437. The summed E-state index contributed by atoms with van der Waals surface area (Å²) >= 11 is 0. The van der Waals surface area contributed by atoms with Crippen LogP contribution in [0.1, 0.15) is 36.0 Å². The maximum atomic E-state index is 12.1. The van der Waals surface area contributed by atoms with E-state index in [1.54, 1.807) is 18.2 Å². The molecular weight excluding hydrogens is 244 g/mol. The number of hydrogen-bond donors (Lipinski definition) is 3. The Hall–Kier alpha value is -1.95. The van der Waals surface area contributed by atoms with Gasteiger partial charge in [0, 0.05) is 5.56 Å². The first kappa shape index (κ1) is 12.1. The number of aliphatic hydroxyl groups excluding tert-OH is 1. The van der Waals surface area contributed by atoms with Gasteiger partial charge in [-0.3, -0.25) is 4.79 Å². The number of rotatable bonds is 2. The van der Waals surface area contributed by atoms with E-state index in [1.165, 1.54) is 0 Å². The normalized spacial score (nSPS) is 23.4. The Morgan fingerprint density at radius 2 is 2.05 bits per heavy atom. The number of aromatic nitrogens is 3. The van der Waals surface area contributed by atoms with E-state index in [4.69, 9.17) is 0 Å². The van der Waals surface area contributed by atoms with Crippen molar-refractivity contribution in [3.63, 3.8) is 0 Å². The molecule has 3 rings (SSSR count). The summed E-state index contributed by atoms with van der Waals surface area (Å²) in [5.74, 6) is -0.171. The van der Waals surface area contributed by atoms with E-state index in [2.05, 4.69) is 20.7 Å². The minimum absolute atomic E-state index is 0.144. The van der Waals surface area contributed by atoms with Crippen molar-refractivity contribution < 1.29 is 9.90 Å². The highest BCUT2D eigenvalue weighted by Gasteiger charge is 2.24. The third-order valence-electron chi connectivity index (χ3n) is 3.62. The molecule has 1 aliphatic rings. The molecule has 0 radical (unpaired) electrons. The summed E-state index contributed by atoms with van der Waals surface area (Å²) in [6.45, 7) is 0. The fourth-order valence-electron chi connectivity index (χ4n) is 2.51. The monoisotopic (exact) mass is 260 g/mol. The first-order chi connectivity index (χ1) is 9.24. The molecule has 1 saturated carbocycles. The molecule has 1 heterocycles. The largest absolute Gasteiger partial charge is 0.391 e. The Bertz CT molecular complexity index is 595. The lowest BCUT2D eigenvalue weighted by Crippen LogP contribution is -2.45. The molecule has 0 saturated heterocycles. The Labute approximate surface area is 110 Å². The van der Waals surface area contributed by atoms with Crippen LogP contribution in [0.25, 0.3) is 11.0 Å². The van der Waals surface area contributed by atoms with Crippen molar-refractivity contribution in [1.82, 2.24) is 20.7 Å². The summed E-state index contributed by atoms with van der Waals surface area (Å²) in [5.41, 5.74) is 1.94. The van der Waals surface area contributed by atoms with E-state index >= 15 is 0 Å². The van der Waals surface area contributed by atoms with Crippen LogP contribution in [-0.4, -0.2) is 38.6 Å². The Balaban J connectivity index is 1.75. The lowest BCUT2D eigenvalue weighted by Gasteiger charge is -2.28. The number of fused-ring (bicyclic) bond motifs is 1. The summed E-state index contributed by atoms with van der Waals surface area (Å²) in [4.78, 5) is 12.1. The highest BCUT2D eigenvalue weighted by molar-refractivity contribution is 5.97. The molecule has 19 heavy (non-hydrogen) atoms. The van der Waals surface area contributed by atoms with E-state index in [9.17, 15) is 9.90 Å². The van der Waals surface area contributed by atoms with Crippen molar-refractivity contribution in [2.24, 2.45) is 0 Å². The molecule has 1 aromatic heterocycles. The number of aliphatic hydroxyl groups is 1. The first-order valence-corrected chi connectivity index (χ1v) is 6.53. The summed E-state index contributed by atoms with van der Waals surface area (Å²) in [7, 11) is 0. The van der Waals surface area contributed by atoms with Crippen LogP contribution >= 0.6 is 0 Å². The standard InChI is InChI=1S/C13H16N4O2/c18-12-4-2-1-3-10(12)14-13(19)8-5-6-9-11(7-8)16-17-15-9/h5-7,10,12,18H,1-4H2,(H,14,19)(H,15,16,17)/t10-,12-/m1/s1. The van der Waals surface area contributed by atoms with Gasteiger partial charge < -0.3 is 10.4 Å². The zero-order valence-corrected chi connectivity index (χ0v) is 10.5. The van der Waals surface area contributed by atoms with Gasteiger partial charge in [0.2, 0.25) is 0 Å². The van der Waals surface area contributed by atoms with Gasteiger partial charge in [-0.1, -0.05) is 12.8 Å². The van der Waals surface area contributed by atoms with Crippen molar-refractivity contribution in [3.05, 3.63) is 23.8 Å². The molecule has 1 fully saturated rings. The third-order valence-corrected chi connectivity index (χ3v) is 3.62. The van der Waals surface area contributed by atoms with Crippen LogP contribution in [-0.2, 0) is 0 Å². The van der Waals surface area contributed by atoms with Crippen LogP contribution in [0, 0.1) is 0 Å². The van der Waals surface area contributed by atoms with E-state index in [1.807, 2.05) is 0 Å². The predicted molar refractivity (Wildman–Crippen MR) is 69.6 cm³/mol. The molecule has 3 N–H and O–H groups in total. The number of carbonyl (C=O) groups excluding carboxylic acids is 1. The topological polar surface area (TPSA) is 90.9 Å². The van der Waals surface area contributed by atoms with Crippen molar-refractivity contribution in [2.75, 3.05) is 0 Å². The molecule has 6 heteroatoms. The molecule has 100 valence electrons. The molecule has 2 aromatic rings. The van der Waals surface area contributed by atoms with Crippen LogP contribution < -0.4 is 5.32 Å². The van der Waals surface area contributed by atoms with Gasteiger partial charge in [0.05, 0.1) is 12.1 Å². The van der Waals surface area contributed by atoms with Crippen molar-refractivity contribution in [2.45, 2.75) is 37.8 Å². The van der Waals surface area contributed by atoms with Crippen LogP contribution in [0.5, 0.6) is 0 Å². The Kier molecular flexibility index (Phi) is 3.16. The minimum Gasteiger partial charge on any atom is -0.391 e. The van der Waals surface area contributed by atoms with Crippen LogP contribution in [0.15, 0.2) is 18.2 Å². The molecule has 0 spiro atoms. The second kappa shape index (κ2) is 4.97. The van der Waals surface area contributed by atoms with Gasteiger partial charge in [-0.25, -0.2) is 0 Å². The maximum Gasteiger partial charge on any atom is 0.251 e. The maximum absolute atomic E-state index is 12.1. The summed E-state index contributed by atoms with van der Waals surface area (Å²) in [5, 5.41) is 23.2. The number of carbonyl (C=O) groups is 1. The van der Waals surface area contributed by atoms with Gasteiger partial charge in [-0.05, 0) is 31.0 Å². The average molecular weight is 260 g/mol. The summed E-state index contributed by atoms with van der Waals surface area (Å²) in [6.07, 6.45) is 3.23. The third kappa shape index (κ3) is 2.44. The lowest BCUT2D eigenvalue weighted by atomic mass is 9.92. The average Bonchev–Trinajstić information content (AvgIpc) is 2.88. The van der Waals surface area contributed by atoms with Crippen LogP contribution in [0.3, 0.4) is 0 Å². The molecule has 1 amide bonds. The predicted octanol–water partition coefficient (Wildman–Crippen LogP) is 0.991. The fraction of sp³-hybridized carbons (Fsp3) is 0.462. The van der Waals surface area contributed by atoms with Crippen molar-refractivity contribution in [3.8, 4) is 0 Å². The number of nitrogens with one attached hydrogen (secondary N) is 2. The van der Waals surface area contributed by atoms with E-state index in [0.29, 0.717) is 11.1 Å². The van der Waals surface area contributed by atoms with E-state index in [0.717, 1.165) is 31.2 Å². The first-order valence-electron chi connectivity index (χ1n) is 6.53. The molecule has 1 aromatic carbocycles. The summed E-state index contributed by atoms with van der Waals surface area (Å²) < 4.78 is 0. The van der Waals surface area contributed by atoms with E-state index < -0.39 is 6.10 Å². The van der Waals surface area contributed by atoms with Gasteiger partial charge in [-0.15, -0.1) is 0 Å². The van der Waals surface area contributed by atoms with Gasteiger partial charge in [-0.2, -0.15) is 15.4 Å². The second-order valence-electron chi connectivity index (χ2n) is 4.96. The number of benzene rings is 1. The molecule has 1 aliphatic carbocycles. The van der Waals surface area contributed by atoms with E-state index in [-0.39, 0.29) is 11.9 Å². The van der Waals surface area contributed by atoms with Crippen LogP contribution in [0.2, 0.25) is 0 Å². The zero-order valence-electron chi connectivity index (χ0n) is 10.5. The molecule has 0 aliphatic heterocycles. The molecule has 0 bridgehead atoms. The van der Waals surface area contributed by atoms with Crippen LogP contribution in [0.4, 0.5) is 0 Å². The Morgan fingerprint density at radius 1 is 1.26 bits per heavy atom.